The first-order valence-corrected chi connectivity index (χ1v) is 11.9. The van der Waals surface area contributed by atoms with Gasteiger partial charge in [-0.3, -0.25) is 19.3 Å². The van der Waals surface area contributed by atoms with Crippen molar-refractivity contribution in [3.05, 3.63) is 65.0 Å². The van der Waals surface area contributed by atoms with Crippen LogP contribution in [0, 0.1) is 24.1 Å². The number of alkyl halides is 3. The third-order valence-corrected chi connectivity index (χ3v) is 7.27. The normalized spacial score (nSPS) is 22.1. The molecule has 3 amide bonds. The minimum absolute atomic E-state index is 0.0614. The highest BCUT2D eigenvalue weighted by Crippen LogP contribution is 2.40. The molecule has 1 saturated carbocycles. The summed E-state index contributed by atoms with van der Waals surface area (Å²) in [6.07, 6.45) is 2.49. The van der Waals surface area contributed by atoms with Crippen molar-refractivity contribution in [1.29, 1.82) is 0 Å². The van der Waals surface area contributed by atoms with E-state index in [4.69, 9.17) is 6.42 Å². The lowest BCUT2D eigenvalue weighted by Crippen LogP contribution is -2.69. The molecule has 37 heavy (non-hydrogen) atoms. The summed E-state index contributed by atoms with van der Waals surface area (Å²) < 4.78 is 54.0. The molecule has 10 heteroatoms. The van der Waals surface area contributed by atoms with Crippen LogP contribution in [0.15, 0.2) is 42.5 Å². The van der Waals surface area contributed by atoms with Crippen molar-refractivity contribution in [2.45, 2.75) is 37.5 Å². The highest BCUT2D eigenvalue weighted by molar-refractivity contribution is 6.10. The zero-order valence-electron chi connectivity index (χ0n) is 19.7. The molecular weight excluding hydrogens is 490 g/mol. The second-order valence-electron chi connectivity index (χ2n) is 9.69. The van der Waals surface area contributed by atoms with Gasteiger partial charge in [0.1, 0.15) is 17.9 Å². The van der Waals surface area contributed by atoms with Gasteiger partial charge in [0.25, 0.3) is 5.91 Å². The summed E-state index contributed by atoms with van der Waals surface area (Å²) in [6.45, 7) is -0.400. The van der Waals surface area contributed by atoms with Crippen molar-refractivity contribution >= 4 is 23.4 Å². The van der Waals surface area contributed by atoms with Crippen LogP contribution in [0.4, 0.5) is 23.2 Å². The Kier molecular flexibility index (Phi) is 5.97. The maximum Gasteiger partial charge on any atom is 0.416 e. The van der Waals surface area contributed by atoms with E-state index in [1.807, 2.05) is 0 Å². The molecule has 0 radical (unpaired) electrons. The number of halogens is 4. The van der Waals surface area contributed by atoms with Crippen molar-refractivity contribution in [3.8, 4) is 12.3 Å². The van der Waals surface area contributed by atoms with Crippen molar-refractivity contribution in [3.63, 3.8) is 0 Å². The fraction of sp³-hybridized carbons (Fsp3) is 0.370. The van der Waals surface area contributed by atoms with Crippen molar-refractivity contribution in [2.75, 3.05) is 24.5 Å². The smallest absolute Gasteiger partial charge is 0.339 e. The average Bonchev–Trinajstić information content (AvgIpc) is 3.62. The van der Waals surface area contributed by atoms with E-state index in [-0.39, 0.29) is 49.1 Å². The van der Waals surface area contributed by atoms with Crippen molar-refractivity contribution < 1.29 is 31.9 Å². The topological polar surface area (TPSA) is 60.9 Å². The second kappa shape index (κ2) is 8.91. The van der Waals surface area contributed by atoms with Gasteiger partial charge < -0.3 is 9.80 Å². The number of anilines is 1. The minimum atomic E-state index is -4.51. The number of likely N-dealkylation sites (tertiary alicyclic amines) is 1. The Morgan fingerprint density at radius 3 is 2.41 bits per heavy atom. The number of piperazine rings is 1. The van der Waals surface area contributed by atoms with E-state index in [0.29, 0.717) is 5.56 Å². The second-order valence-corrected chi connectivity index (χ2v) is 9.69. The van der Waals surface area contributed by atoms with Gasteiger partial charge in [-0.15, -0.1) is 6.42 Å². The molecule has 2 saturated heterocycles. The third kappa shape index (κ3) is 4.43. The molecule has 1 atom stereocenters. The maximum atomic E-state index is 14.9. The van der Waals surface area contributed by atoms with Crippen LogP contribution < -0.4 is 4.90 Å². The van der Waals surface area contributed by atoms with Crippen LogP contribution in [0.3, 0.4) is 0 Å². The van der Waals surface area contributed by atoms with E-state index >= 15 is 0 Å². The Labute approximate surface area is 210 Å². The average molecular weight is 513 g/mol. The van der Waals surface area contributed by atoms with E-state index in [9.17, 15) is 31.9 Å². The van der Waals surface area contributed by atoms with E-state index in [1.165, 1.54) is 29.2 Å². The summed E-state index contributed by atoms with van der Waals surface area (Å²) in [6, 6.07) is 8.29. The number of carbonyl (C=O) groups excluding carboxylic acids is 3. The first kappa shape index (κ1) is 24.8. The molecule has 1 spiro atoms. The van der Waals surface area contributed by atoms with Gasteiger partial charge in [-0.1, -0.05) is 18.1 Å². The molecule has 192 valence electrons. The SMILES string of the molecule is C#Cc1ccc(N2CC(=O)N(Cc3ccc(C(F)(F)F)cc3)[C@]3(CCN(C(=O)C4CC4)C3)C2=O)c(F)c1. The highest BCUT2D eigenvalue weighted by atomic mass is 19.4. The standard InChI is InChI=1S/C27H23F4N3O3/c1-2-17-5-10-22(21(28)13-17)33-15-23(35)34(14-18-3-8-20(9-4-18)27(29,30)31)26(25(33)37)11-12-32(16-26)24(36)19-6-7-19/h1,3-5,8-10,13,19H,6-7,11-12,14-16H2/t26-/m0/s1. The number of terminal acetylenes is 1. The van der Waals surface area contributed by atoms with E-state index < -0.39 is 41.5 Å². The lowest BCUT2D eigenvalue weighted by molar-refractivity contribution is -0.151. The van der Waals surface area contributed by atoms with Gasteiger partial charge >= 0.3 is 6.18 Å². The molecule has 5 rings (SSSR count). The molecule has 0 unspecified atom stereocenters. The van der Waals surface area contributed by atoms with E-state index in [1.54, 1.807) is 4.90 Å². The number of amides is 3. The maximum absolute atomic E-state index is 14.9. The number of nitrogens with zero attached hydrogens (tertiary/aromatic N) is 3. The Hall–Kier alpha value is -3.87. The molecule has 2 aromatic carbocycles. The van der Waals surface area contributed by atoms with E-state index in [0.717, 1.165) is 35.9 Å². The molecule has 1 aliphatic carbocycles. The third-order valence-electron chi connectivity index (χ3n) is 7.27. The number of carbonyl (C=O) groups is 3. The highest BCUT2D eigenvalue weighted by Gasteiger charge is 2.57. The Morgan fingerprint density at radius 1 is 1.11 bits per heavy atom. The predicted molar refractivity (Wildman–Crippen MR) is 125 cm³/mol. The van der Waals surface area contributed by atoms with Crippen LogP contribution in [0.5, 0.6) is 0 Å². The van der Waals surface area contributed by atoms with Gasteiger partial charge in [-0.2, -0.15) is 13.2 Å². The summed E-state index contributed by atoms with van der Waals surface area (Å²) in [4.78, 5) is 44.2. The van der Waals surface area contributed by atoms with Crippen LogP contribution in [0.25, 0.3) is 0 Å². The zero-order valence-corrected chi connectivity index (χ0v) is 19.7. The molecule has 2 aromatic rings. The summed E-state index contributed by atoms with van der Waals surface area (Å²) in [5.74, 6) is 0.326. The summed E-state index contributed by atoms with van der Waals surface area (Å²) in [5, 5.41) is 0. The van der Waals surface area contributed by atoms with Gasteiger partial charge in [0, 0.05) is 24.6 Å². The quantitative estimate of drug-likeness (QED) is 0.464. The monoisotopic (exact) mass is 513 g/mol. The number of benzene rings is 2. The van der Waals surface area contributed by atoms with Crippen molar-refractivity contribution in [2.24, 2.45) is 5.92 Å². The molecule has 2 aliphatic heterocycles. The fourth-order valence-electron chi connectivity index (χ4n) is 5.09. The first-order chi connectivity index (χ1) is 17.5. The van der Waals surface area contributed by atoms with Gasteiger partial charge in [0.05, 0.1) is 17.8 Å². The van der Waals surface area contributed by atoms with Crippen LogP contribution in [-0.2, 0) is 27.1 Å². The van der Waals surface area contributed by atoms with Crippen LogP contribution in [-0.4, -0.2) is 52.7 Å². The zero-order chi connectivity index (χ0) is 26.5. The van der Waals surface area contributed by atoms with E-state index in [2.05, 4.69) is 5.92 Å². The minimum Gasteiger partial charge on any atom is -0.339 e. The van der Waals surface area contributed by atoms with Crippen LogP contribution in [0.2, 0.25) is 0 Å². The predicted octanol–water partition coefficient (Wildman–Crippen LogP) is 3.58. The summed E-state index contributed by atoms with van der Waals surface area (Å²) in [7, 11) is 0. The van der Waals surface area contributed by atoms with Gasteiger partial charge in [0.15, 0.2) is 0 Å². The molecular formula is C27H23F4N3O3. The van der Waals surface area contributed by atoms with Crippen LogP contribution in [0.1, 0.15) is 36.0 Å². The van der Waals surface area contributed by atoms with Crippen molar-refractivity contribution in [1.82, 2.24) is 9.80 Å². The first-order valence-electron chi connectivity index (χ1n) is 11.9. The van der Waals surface area contributed by atoms with Gasteiger partial charge in [-0.25, -0.2) is 4.39 Å². The lowest BCUT2D eigenvalue weighted by Gasteiger charge is -2.47. The summed E-state index contributed by atoms with van der Waals surface area (Å²) >= 11 is 0. The Bertz CT molecular complexity index is 1310. The fourth-order valence-corrected chi connectivity index (χ4v) is 5.09. The Morgan fingerprint density at radius 2 is 1.81 bits per heavy atom. The van der Waals surface area contributed by atoms with Crippen LogP contribution >= 0.6 is 0 Å². The Balaban J connectivity index is 1.50. The summed E-state index contributed by atoms with van der Waals surface area (Å²) in [5.41, 5.74) is -1.72. The molecule has 3 fully saturated rings. The number of hydrogen-bond acceptors (Lipinski definition) is 3. The lowest BCUT2D eigenvalue weighted by atomic mass is 9.89. The molecule has 0 bridgehead atoms. The molecule has 6 nitrogen and oxygen atoms in total. The van der Waals surface area contributed by atoms with Gasteiger partial charge in [0.2, 0.25) is 11.8 Å². The number of rotatable bonds is 4. The largest absolute Gasteiger partial charge is 0.416 e. The molecule has 0 N–H and O–H groups in total. The molecule has 0 aromatic heterocycles. The van der Waals surface area contributed by atoms with Gasteiger partial charge in [-0.05, 0) is 55.2 Å². The number of hydrogen-bond donors (Lipinski definition) is 0. The molecule has 3 aliphatic rings. The molecule has 2 heterocycles.